The summed E-state index contributed by atoms with van der Waals surface area (Å²) in [5.74, 6) is 1.00. The van der Waals surface area contributed by atoms with Crippen LogP contribution in [0.15, 0.2) is 42.5 Å². The van der Waals surface area contributed by atoms with Gasteiger partial charge in [0.25, 0.3) is 0 Å². The highest BCUT2D eigenvalue weighted by Gasteiger charge is 2.39. The summed E-state index contributed by atoms with van der Waals surface area (Å²) in [5.41, 5.74) is 1.85. The third-order valence-corrected chi connectivity index (χ3v) is 5.70. The van der Waals surface area contributed by atoms with Crippen LogP contribution in [-0.4, -0.2) is 43.4 Å². The third kappa shape index (κ3) is 4.25. The summed E-state index contributed by atoms with van der Waals surface area (Å²) in [6.07, 6.45) is 3.48. The smallest absolute Gasteiger partial charge is 0.221 e. The van der Waals surface area contributed by atoms with Crippen molar-refractivity contribution < 1.29 is 23.5 Å². The number of hydrogen-bond acceptors (Lipinski definition) is 3. The summed E-state index contributed by atoms with van der Waals surface area (Å²) >= 11 is 0. The number of halogens is 1. The van der Waals surface area contributed by atoms with E-state index >= 15 is 0 Å². The Kier molecular flexibility index (Phi) is 6.34. The molecular weight excluding hydrogens is 345 g/mol. The number of ether oxygens (including phenoxy) is 2. The van der Waals surface area contributed by atoms with Crippen molar-refractivity contribution in [2.75, 3.05) is 33.9 Å². The van der Waals surface area contributed by atoms with E-state index in [1.54, 1.807) is 14.2 Å². The van der Waals surface area contributed by atoms with Gasteiger partial charge in [0.15, 0.2) is 11.5 Å². The molecule has 0 saturated carbocycles. The number of rotatable bonds is 7. The molecule has 3 rings (SSSR count). The van der Waals surface area contributed by atoms with Crippen LogP contribution in [-0.2, 0) is 6.42 Å². The Morgan fingerprint density at radius 3 is 2.33 bits per heavy atom. The van der Waals surface area contributed by atoms with Crippen molar-refractivity contribution >= 4 is 0 Å². The molecule has 0 aromatic heterocycles. The Morgan fingerprint density at radius 1 is 1.00 bits per heavy atom. The summed E-state index contributed by atoms with van der Waals surface area (Å²) in [6, 6.07) is 12.3. The van der Waals surface area contributed by atoms with Gasteiger partial charge in [0.05, 0.1) is 39.4 Å². The fourth-order valence-electron chi connectivity index (χ4n) is 4.15. The van der Waals surface area contributed by atoms with Crippen LogP contribution in [0.4, 0.5) is 4.39 Å². The van der Waals surface area contributed by atoms with Crippen molar-refractivity contribution in [3.05, 3.63) is 59.4 Å². The van der Waals surface area contributed by atoms with Crippen molar-refractivity contribution in [1.29, 1.82) is 0 Å². The zero-order valence-electron chi connectivity index (χ0n) is 16.2. The maximum atomic E-state index is 13.2. The number of quaternary nitrogens is 1. The van der Waals surface area contributed by atoms with Crippen LogP contribution in [0.25, 0.3) is 0 Å². The molecule has 2 aromatic rings. The van der Waals surface area contributed by atoms with E-state index < -0.39 is 6.23 Å². The third-order valence-electron chi connectivity index (χ3n) is 5.70. The minimum Gasteiger partial charge on any atom is -0.493 e. The number of likely N-dealkylation sites (tertiary alicyclic amines) is 1. The van der Waals surface area contributed by atoms with Crippen LogP contribution < -0.4 is 9.47 Å². The van der Waals surface area contributed by atoms with Gasteiger partial charge in [0, 0.05) is 6.42 Å². The van der Waals surface area contributed by atoms with Gasteiger partial charge in [-0.15, -0.1) is 0 Å². The summed E-state index contributed by atoms with van der Waals surface area (Å²) in [7, 11) is 3.21. The van der Waals surface area contributed by atoms with E-state index in [0.717, 1.165) is 50.0 Å². The van der Waals surface area contributed by atoms with Crippen LogP contribution in [0.2, 0.25) is 0 Å². The first kappa shape index (κ1) is 19.6. The topological polar surface area (TPSA) is 38.7 Å². The molecule has 0 aliphatic carbocycles. The Bertz CT molecular complexity index is 742. The molecule has 0 amide bonds. The van der Waals surface area contributed by atoms with Crippen LogP contribution >= 0.6 is 0 Å². The van der Waals surface area contributed by atoms with Gasteiger partial charge in [-0.05, 0) is 49.1 Å². The molecule has 1 aliphatic heterocycles. The standard InChI is InChI=1S/C22H29FNO3/c1-26-20-8-6-7-19(21(20)27-2)22(25)24(14-4-3-5-15-24)16-13-17-9-11-18(23)12-10-17/h6-12,22,25H,3-5,13-16H2,1-2H3/q+1/t22-/m1/s1. The second-order valence-electron chi connectivity index (χ2n) is 7.28. The van der Waals surface area contributed by atoms with Crippen LogP contribution in [0, 0.1) is 5.82 Å². The predicted molar refractivity (Wildman–Crippen MR) is 103 cm³/mol. The van der Waals surface area contributed by atoms with E-state index in [1.807, 2.05) is 30.3 Å². The molecular formula is C22H29FNO3+. The van der Waals surface area contributed by atoms with Crippen LogP contribution in [0.3, 0.4) is 0 Å². The monoisotopic (exact) mass is 374 g/mol. The summed E-state index contributed by atoms with van der Waals surface area (Å²) < 4.78 is 24.8. The average Bonchev–Trinajstić information content (AvgIpc) is 2.72. The Balaban J connectivity index is 1.88. The molecule has 146 valence electrons. The second kappa shape index (κ2) is 8.72. The quantitative estimate of drug-likeness (QED) is 0.743. The first-order valence-corrected chi connectivity index (χ1v) is 9.59. The Labute approximate surface area is 160 Å². The molecule has 0 spiro atoms. The second-order valence-corrected chi connectivity index (χ2v) is 7.28. The van der Waals surface area contributed by atoms with E-state index in [4.69, 9.17) is 9.47 Å². The largest absolute Gasteiger partial charge is 0.493 e. The van der Waals surface area contributed by atoms with Crippen molar-refractivity contribution in [2.45, 2.75) is 31.9 Å². The highest BCUT2D eigenvalue weighted by atomic mass is 19.1. The summed E-state index contributed by atoms with van der Waals surface area (Å²) in [4.78, 5) is 0. The van der Waals surface area contributed by atoms with Gasteiger partial charge >= 0.3 is 0 Å². The number of piperidine rings is 1. The number of methoxy groups -OCH3 is 2. The molecule has 27 heavy (non-hydrogen) atoms. The molecule has 1 saturated heterocycles. The van der Waals surface area contributed by atoms with E-state index in [0.29, 0.717) is 16.0 Å². The van der Waals surface area contributed by atoms with Gasteiger partial charge < -0.3 is 14.6 Å². The highest BCUT2D eigenvalue weighted by molar-refractivity contribution is 5.47. The summed E-state index contributed by atoms with van der Waals surface area (Å²) in [5, 5.41) is 11.4. The number of hydrogen-bond donors (Lipinski definition) is 1. The van der Waals surface area contributed by atoms with E-state index in [1.165, 1.54) is 18.6 Å². The molecule has 2 aromatic carbocycles. The molecule has 1 fully saturated rings. The fourth-order valence-corrected chi connectivity index (χ4v) is 4.15. The van der Waals surface area contributed by atoms with Crippen molar-refractivity contribution in [3.8, 4) is 11.5 Å². The number of benzene rings is 2. The van der Waals surface area contributed by atoms with Crippen LogP contribution in [0.5, 0.6) is 11.5 Å². The Hall–Kier alpha value is -2.11. The van der Waals surface area contributed by atoms with E-state index in [-0.39, 0.29) is 5.82 Å². The van der Waals surface area contributed by atoms with Gasteiger partial charge in [-0.2, -0.15) is 0 Å². The molecule has 1 atom stereocenters. The minimum atomic E-state index is -0.684. The normalized spacial score (nSPS) is 17.3. The lowest BCUT2D eigenvalue weighted by atomic mass is 10.0. The van der Waals surface area contributed by atoms with Gasteiger partial charge in [0.1, 0.15) is 5.82 Å². The maximum Gasteiger partial charge on any atom is 0.221 e. The zero-order valence-corrected chi connectivity index (χ0v) is 16.2. The van der Waals surface area contributed by atoms with Crippen molar-refractivity contribution in [3.63, 3.8) is 0 Å². The molecule has 1 N–H and O–H groups in total. The summed E-state index contributed by atoms with van der Waals surface area (Å²) in [6.45, 7) is 2.64. The molecule has 1 aliphatic rings. The average molecular weight is 374 g/mol. The molecule has 0 radical (unpaired) electrons. The lowest BCUT2D eigenvalue weighted by molar-refractivity contribution is -0.981. The van der Waals surface area contributed by atoms with Crippen molar-refractivity contribution in [1.82, 2.24) is 0 Å². The van der Waals surface area contributed by atoms with Gasteiger partial charge in [-0.25, -0.2) is 4.39 Å². The molecule has 4 nitrogen and oxygen atoms in total. The van der Waals surface area contributed by atoms with Crippen LogP contribution in [0.1, 0.15) is 36.6 Å². The maximum absolute atomic E-state index is 13.2. The number of para-hydroxylation sites is 1. The fraction of sp³-hybridized carbons (Fsp3) is 0.455. The predicted octanol–water partition coefficient (Wildman–Crippen LogP) is 4.08. The first-order valence-electron chi connectivity index (χ1n) is 9.59. The van der Waals surface area contributed by atoms with Gasteiger partial charge in [-0.1, -0.05) is 18.2 Å². The first-order chi connectivity index (χ1) is 13.1. The zero-order chi connectivity index (χ0) is 19.3. The molecule has 0 bridgehead atoms. The molecule has 1 heterocycles. The van der Waals surface area contributed by atoms with Crippen molar-refractivity contribution in [2.24, 2.45) is 0 Å². The van der Waals surface area contributed by atoms with Gasteiger partial charge in [0.2, 0.25) is 6.23 Å². The SMILES string of the molecule is COc1cccc([C@@H](O)[N+]2(CCc3ccc(F)cc3)CCCCC2)c1OC. The lowest BCUT2D eigenvalue weighted by Crippen LogP contribution is -2.55. The number of aliphatic hydroxyl groups is 1. The van der Waals surface area contributed by atoms with Gasteiger partial charge in [-0.3, -0.25) is 4.48 Å². The highest BCUT2D eigenvalue weighted by Crippen LogP contribution is 2.40. The number of aliphatic hydroxyl groups excluding tert-OH is 1. The lowest BCUT2D eigenvalue weighted by Gasteiger charge is -2.45. The number of nitrogens with zero attached hydrogens (tertiary/aromatic N) is 1. The minimum absolute atomic E-state index is 0.221. The van der Waals surface area contributed by atoms with E-state index in [2.05, 4.69) is 0 Å². The molecule has 0 unspecified atom stereocenters. The Morgan fingerprint density at radius 2 is 1.70 bits per heavy atom. The van der Waals surface area contributed by atoms with E-state index in [9.17, 15) is 9.50 Å². The molecule has 5 heteroatoms.